The zero-order chi connectivity index (χ0) is 22.9. The van der Waals surface area contributed by atoms with Gasteiger partial charge in [-0.05, 0) is 68.3 Å². The number of aryl methyl sites for hydroxylation is 1. The van der Waals surface area contributed by atoms with Crippen molar-refractivity contribution in [3.8, 4) is 0 Å². The largest absolute Gasteiger partial charge is 0.279 e. The van der Waals surface area contributed by atoms with Gasteiger partial charge in [0, 0.05) is 18.0 Å². The fourth-order valence-corrected chi connectivity index (χ4v) is 5.43. The summed E-state index contributed by atoms with van der Waals surface area (Å²) in [7, 11) is -3.50. The molecule has 0 spiro atoms. The molecule has 0 atom stereocenters. The maximum Gasteiger partial charge on any atom is 0.260 e. The summed E-state index contributed by atoms with van der Waals surface area (Å²) in [6.07, 6.45) is 3.38. The molecular formula is C24H23N3O3S2. The van der Waals surface area contributed by atoms with Gasteiger partial charge in [-0.1, -0.05) is 29.5 Å². The lowest BCUT2D eigenvalue weighted by atomic mass is 10.2. The number of carbonyl (C=O) groups excluding carboxylic acids is 1. The van der Waals surface area contributed by atoms with Gasteiger partial charge in [-0.3, -0.25) is 14.7 Å². The second-order valence-electron chi connectivity index (χ2n) is 7.84. The second kappa shape index (κ2) is 8.80. The SMILES string of the molecule is Cc1ccc2nc(N(Cc3cccnc3)C(=O)c3cccc(S(=O)(=O)C(C)C)c3)sc2c1. The first-order valence-electron chi connectivity index (χ1n) is 10.2. The average molecular weight is 466 g/mol. The van der Waals surface area contributed by atoms with Crippen molar-refractivity contribution >= 4 is 42.4 Å². The van der Waals surface area contributed by atoms with Crippen molar-refractivity contribution in [1.82, 2.24) is 9.97 Å². The minimum absolute atomic E-state index is 0.139. The van der Waals surface area contributed by atoms with Crippen molar-refractivity contribution in [3.05, 3.63) is 83.7 Å². The Hall–Kier alpha value is -3.10. The van der Waals surface area contributed by atoms with Crippen molar-refractivity contribution < 1.29 is 13.2 Å². The highest BCUT2D eigenvalue weighted by Gasteiger charge is 2.25. The van der Waals surface area contributed by atoms with Crippen LogP contribution in [0.15, 0.2) is 71.9 Å². The number of aromatic nitrogens is 2. The Kier molecular flexibility index (Phi) is 6.08. The number of thiazole rings is 1. The quantitative estimate of drug-likeness (QED) is 0.399. The third-order valence-electron chi connectivity index (χ3n) is 5.10. The van der Waals surface area contributed by atoms with E-state index in [1.165, 1.54) is 23.5 Å². The van der Waals surface area contributed by atoms with E-state index >= 15 is 0 Å². The van der Waals surface area contributed by atoms with Gasteiger partial charge >= 0.3 is 0 Å². The first kappa shape index (κ1) is 22.1. The van der Waals surface area contributed by atoms with Crippen LogP contribution in [0.2, 0.25) is 0 Å². The van der Waals surface area contributed by atoms with E-state index in [1.54, 1.807) is 43.3 Å². The van der Waals surface area contributed by atoms with Gasteiger partial charge in [-0.2, -0.15) is 0 Å². The third kappa shape index (κ3) is 4.42. The van der Waals surface area contributed by atoms with Crippen LogP contribution < -0.4 is 4.90 Å². The molecular weight excluding hydrogens is 442 g/mol. The Bertz CT molecular complexity index is 1380. The minimum atomic E-state index is -3.50. The van der Waals surface area contributed by atoms with Crippen LogP contribution in [0.1, 0.15) is 35.3 Å². The maximum atomic E-state index is 13.6. The van der Waals surface area contributed by atoms with Crippen LogP contribution in [0.5, 0.6) is 0 Å². The normalized spacial score (nSPS) is 11.8. The Labute approximate surface area is 191 Å². The van der Waals surface area contributed by atoms with Crippen molar-refractivity contribution in [2.24, 2.45) is 0 Å². The monoisotopic (exact) mass is 465 g/mol. The molecule has 1 amide bonds. The number of fused-ring (bicyclic) bond motifs is 1. The van der Waals surface area contributed by atoms with Crippen LogP contribution in [0.4, 0.5) is 5.13 Å². The number of hydrogen-bond donors (Lipinski definition) is 0. The molecule has 0 saturated heterocycles. The summed E-state index contributed by atoms with van der Waals surface area (Å²) < 4.78 is 26.3. The maximum absolute atomic E-state index is 13.6. The molecule has 32 heavy (non-hydrogen) atoms. The van der Waals surface area contributed by atoms with Crippen molar-refractivity contribution in [1.29, 1.82) is 0 Å². The molecule has 0 unspecified atom stereocenters. The predicted molar refractivity (Wildman–Crippen MR) is 128 cm³/mol. The molecule has 6 nitrogen and oxygen atoms in total. The summed E-state index contributed by atoms with van der Waals surface area (Å²) in [6.45, 7) is 5.54. The lowest BCUT2D eigenvalue weighted by Gasteiger charge is -2.20. The molecule has 0 aliphatic carbocycles. The number of sulfone groups is 1. The summed E-state index contributed by atoms with van der Waals surface area (Å²) >= 11 is 1.43. The average Bonchev–Trinajstić information content (AvgIpc) is 3.20. The molecule has 4 aromatic rings. The van der Waals surface area contributed by atoms with Crippen LogP contribution >= 0.6 is 11.3 Å². The number of hydrogen-bond acceptors (Lipinski definition) is 6. The zero-order valence-electron chi connectivity index (χ0n) is 18.0. The topological polar surface area (TPSA) is 80.2 Å². The van der Waals surface area contributed by atoms with Crippen LogP contribution in [-0.2, 0) is 16.4 Å². The van der Waals surface area contributed by atoms with Gasteiger partial charge in [-0.25, -0.2) is 13.4 Å². The van der Waals surface area contributed by atoms with E-state index < -0.39 is 15.1 Å². The smallest absolute Gasteiger partial charge is 0.260 e. The van der Waals surface area contributed by atoms with Crippen LogP contribution in [0, 0.1) is 6.92 Å². The van der Waals surface area contributed by atoms with Gasteiger partial charge in [0.15, 0.2) is 15.0 Å². The summed E-state index contributed by atoms with van der Waals surface area (Å²) in [4.78, 5) is 24.2. The number of nitrogens with zero attached hydrogens (tertiary/aromatic N) is 3. The number of pyridine rings is 1. The number of carbonyl (C=O) groups is 1. The van der Waals surface area contributed by atoms with Gasteiger partial charge in [-0.15, -0.1) is 0 Å². The zero-order valence-corrected chi connectivity index (χ0v) is 19.7. The summed E-state index contributed by atoms with van der Waals surface area (Å²) in [5.74, 6) is -0.314. The van der Waals surface area contributed by atoms with E-state index in [0.29, 0.717) is 10.7 Å². The van der Waals surface area contributed by atoms with Crippen LogP contribution in [-0.4, -0.2) is 29.5 Å². The third-order valence-corrected chi connectivity index (χ3v) is 8.30. The molecule has 2 heterocycles. The molecule has 0 radical (unpaired) electrons. The van der Waals surface area contributed by atoms with E-state index in [9.17, 15) is 13.2 Å². The Morgan fingerprint density at radius 2 is 1.91 bits per heavy atom. The molecule has 0 aliphatic rings. The highest BCUT2D eigenvalue weighted by atomic mass is 32.2. The van der Waals surface area contributed by atoms with Crippen molar-refractivity contribution in [2.45, 2.75) is 37.5 Å². The lowest BCUT2D eigenvalue weighted by molar-refractivity contribution is 0.0985. The molecule has 4 rings (SSSR count). The molecule has 0 saturated carbocycles. The van der Waals surface area contributed by atoms with E-state index in [2.05, 4.69) is 9.97 Å². The highest BCUT2D eigenvalue weighted by molar-refractivity contribution is 7.92. The van der Waals surface area contributed by atoms with E-state index in [1.807, 2.05) is 37.3 Å². The fraction of sp³-hybridized carbons (Fsp3) is 0.208. The molecule has 8 heteroatoms. The molecule has 2 aromatic heterocycles. The van der Waals surface area contributed by atoms with Crippen LogP contribution in [0.3, 0.4) is 0 Å². The standard InChI is InChI=1S/C24H23N3O3S2/c1-16(2)32(29,30)20-8-4-7-19(13-20)23(28)27(15-18-6-5-11-25-14-18)24-26-21-10-9-17(3)12-22(21)31-24/h4-14,16H,15H2,1-3H3. The van der Waals surface area contributed by atoms with Gasteiger partial charge in [0.25, 0.3) is 5.91 Å². The first-order chi connectivity index (χ1) is 15.3. The summed E-state index contributed by atoms with van der Waals surface area (Å²) in [6, 6.07) is 15.9. The lowest BCUT2D eigenvalue weighted by Crippen LogP contribution is -2.30. The summed E-state index contributed by atoms with van der Waals surface area (Å²) in [5.41, 5.74) is 3.08. The minimum Gasteiger partial charge on any atom is -0.279 e. The van der Waals surface area contributed by atoms with E-state index in [0.717, 1.165) is 21.3 Å². The number of rotatable bonds is 6. The van der Waals surface area contributed by atoms with Crippen LogP contribution in [0.25, 0.3) is 10.2 Å². The van der Waals surface area contributed by atoms with Gasteiger partial charge in [0.1, 0.15) is 0 Å². The van der Waals surface area contributed by atoms with Gasteiger partial charge < -0.3 is 0 Å². The molecule has 0 bridgehead atoms. The Morgan fingerprint density at radius 1 is 1.09 bits per heavy atom. The van der Waals surface area contributed by atoms with Crippen molar-refractivity contribution in [2.75, 3.05) is 4.90 Å². The molecule has 0 N–H and O–H groups in total. The first-order valence-corrected chi connectivity index (χ1v) is 12.5. The molecule has 2 aromatic carbocycles. The predicted octanol–water partition coefficient (Wildman–Crippen LogP) is 5.03. The number of amides is 1. The Balaban J connectivity index is 1.78. The van der Waals surface area contributed by atoms with Gasteiger partial charge in [0.2, 0.25) is 0 Å². The molecule has 0 fully saturated rings. The number of anilines is 1. The fourth-order valence-electron chi connectivity index (χ4n) is 3.27. The summed E-state index contributed by atoms with van der Waals surface area (Å²) in [5, 5.41) is -0.0246. The van der Waals surface area contributed by atoms with Gasteiger partial charge in [0.05, 0.1) is 26.9 Å². The van der Waals surface area contributed by atoms with E-state index in [4.69, 9.17) is 0 Å². The molecule has 0 aliphatic heterocycles. The molecule has 164 valence electrons. The number of benzene rings is 2. The highest BCUT2D eigenvalue weighted by Crippen LogP contribution is 2.31. The Morgan fingerprint density at radius 3 is 2.62 bits per heavy atom. The second-order valence-corrected chi connectivity index (χ2v) is 11.4. The van der Waals surface area contributed by atoms with E-state index in [-0.39, 0.29) is 17.3 Å². The van der Waals surface area contributed by atoms with Crippen molar-refractivity contribution in [3.63, 3.8) is 0 Å².